The van der Waals surface area contributed by atoms with Crippen LogP contribution in [0, 0.1) is 0 Å². The maximum atomic E-state index is 3.63. The van der Waals surface area contributed by atoms with Crippen molar-refractivity contribution in [1.29, 1.82) is 0 Å². The molecule has 2 heterocycles. The SMILES string of the molecule is C1=CCN(CC2NCCc3ccccc32)C1. The topological polar surface area (TPSA) is 15.3 Å². The Morgan fingerprint density at radius 2 is 2.00 bits per heavy atom. The van der Waals surface area contributed by atoms with Crippen molar-refractivity contribution in [1.82, 2.24) is 10.2 Å². The number of rotatable bonds is 2. The Morgan fingerprint density at radius 3 is 2.88 bits per heavy atom. The Morgan fingerprint density at radius 1 is 1.19 bits per heavy atom. The zero-order valence-electron chi connectivity index (χ0n) is 9.52. The number of benzene rings is 1. The summed E-state index contributed by atoms with van der Waals surface area (Å²) < 4.78 is 0. The lowest BCUT2D eigenvalue weighted by Gasteiger charge is -2.30. The summed E-state index contributed by atoms with van der Waals surface area (Å²) in [6.45, 7) is 4.47. The molecule has 2 aliphatic heterocycles. The maximum Gasteiger partial charge on any atom is 0.0452 e. The minimum absolute atomic E-state index is 0.518. The summed E-state index contributed by atoms with van der Waals surface area (Å²) in [5.41, 5.74) is 3.03. The highest BCUT2D eigenvalue weighted by Crippen LogP contribution is 2.23. The Labute approximate surface area is 97.0 Å². The van der Waals surface area contributed by atoms with Gasteiger partial charge in [0, 0.05) is 25.7 Å². The van der Waals surface area contributed by atoms with E-state index in [4.69, 9.17) is 0 Å². The van der Waals surface area contributed by atoms with Crippen LogP contribution in [0.3, 0.4) is 0 Å². The predicted molar refractivity (Wildman–Crippen MR) is 66.5 cm³/mol. The first-order chi connectivity index (χ1) is 7.93. The van der Waals surface area contributed by atoms with Gasteiger partial charge in [0.05, 0.1) is 0 Å². The molecule has 16 heavy (non-hydrogen) atoms. The van der Waals surface area contributed by atoms with E-state index in [2.05, 4.69) is 46.6 Å². The van der Waals surface area contributed by atoms with E-state index in [0.717, 1.165) is 26.2 Å². The van der Waals surface area contributed by atoms with E-state index in [-0.39, 0.29) is 0 Å². The summed E-state index contributed by atoms with van der Waals surface area (Å²) >= 11 is 0. The molecule has 0 radical (unpaired) electrons. The van der Waals surface area contributed by atoms with Gasteiger partial charge in [-0.2, -0.15) is 0 Å². The van der Waals surface area contributed by atoms with Crippen molar-refractivity contribution in [2.45, 2.75) is 12.5 Å². The number of nitrogens with one attached hydrogen (secondary N) is 1. The van der Waals surface area contributed by atoms with Crippen molar-refractivity contribution in [2.75, 3.05) is 26.2 Å². The van der Waals surface area contributed by atoms with E-state index in [0.29, 0.717) is 6.04 Å². The summed E-state index contributed by atoms with van der Waals surface area (Å²) in [5.74, 6) is 0. The molecule has 1 aromatic carbocycles. The fourth-order valence-electron chi connectivity index (χ4n) is 2.68. The third-order valence-electron chi connectivity index (χ3n) is 3.55. The molecular weight excluding hydrogens is 196 g/mol. The van der Waals surface area contributed by atoms with Gasteiger partial charge in [0.1, 0.15) is 0 Å². The molecule has 0 aliphatic carbocycles. The molecular formula is C14H18N2. The summed E-state index contributed by atoms with van der Waals surface area (Å²) in [6, 6.07) is 9.37. The molecule has 1 aromatic rings. The van der Waals surface area contributed by atoms with E-state index >= 15 is 0 Å². The van der Waals surface area contributed by atoms with Gasteiger partial charge in [-0.3, -0.25) is 4.90 Å². The van der Waals surface area contributed by atoms with Crippen LogP contribution in [0.2, 0.25) is 0 Å². The van der Waals surface area contributed by atoms with Crippen LogP contribution in [0.5, 0.6) is 0 Å². The smallest absolute Gasteiger partial charge is 0.0452 e. The standard InChI is InChI=1S/C14H18N2/c1-2-6-13-12(5-1)7-8-15-14(13)11-16-9-3-4-10-16/h1-6,14-15H,7-11H2. The Kier molecular flexibility index (Phi) is 2.77. The van der Waals surface area contributed by atoms with Crippen LogP contribution in [-0.4, -0.2) is 31.1 Å². The quantitative estimate of drug-likeness (QED) is 0.754. The van der Waals surface area contributed by atoms with Crippen molar-refractivity contribution in [3.63, 3.8) is 0 Å². The molecule has 0 bridgehead atoms. The van der Waals surface area contributed by atoms with Crippen LogP contribution in [0.25, 0.3) is 0 Å². The first-order valence-electron chi connectivity index (χ1n) is 6.12. The van der Waals surface area contributed by atoms with Crippen molar-refractivity contribution >= 4 is 0 Å². The van der Waals surface area contributed by atoms with E-state index < -0.39 is 0 Å². The molecule has 1 unspecified atom stereocenters. The summed E-state index contributed by atoms with van der Waals surface area (Å²) in [6.07, 6.45) is 5.69. The van der Waals surface area contributed by atoms with Crippen molar-refractivity contribution in [3.8, 4) is 0 Å². The first kappa shape index (κ1) is 10.1. The lowest BCUT2D eigenvalue weighted by atomic mass is 9.94. The molecule has 3 rings (SSSR count). The Balaban J connectivity index is 1.76. The van der Waals surface area contributed by atoms with E-state index in [9.17, 15) is 0 Å². The minimum atomic E-state index is 0.518. The van der Waals surface area contributed by atoms with E-state index in [1.807, 2.05) is 0 Å². The third kappa shape index (κ3) is 1.91. The van der Waals surface area contributed by atoms with Gasteiger partial charge in [0.2, 0.25) is 0 Å². The van der Waals surface area contributed by atoms with Crippen LogP contribution in [0.4, 0.5) is 0 Å². The Bertz CT molecular complexity index is 389. The molecule has 2 heteroatoms. The number of hydrogen-bond acceptors (Lipinski definition) is 2. The van der Waals surface area contributed by atoms with Crippen molar-refractivity contribution in [2.24, 2.45) is 0 Å². The summed E-state index contributed by atoms with van der Waals surface area (Å²) in [5, 5.41) is 3.63. The Hall–Kier alpha value is -1.12. The molecule has 0 aromatic heterocycles. The van der Waals surface area contributed by atoms with Gasteiger partial charge in [0.15, 0.2) is 0 Å². The van der Waals surface area contributed by atoms with Crippen LogP contribution >= 0.6 is 0 Å². The van der Waals surface area contributed by atoms with Gasteiger partial charge in [0.25, 0.3) is 0 Å². The second-order valence-electron chi connectivity index (χ2n) is 4.65. The van der Waals surface area contributed by atoms with Crippen molar-refractivity contribution < 1.29 is 0 Å². The molecule has 0 fully saturated rings. The lowest BCUT2D eigenvalue weighted by Crippen LogP contribution is -2.38. The average Bonchev–Trinajstić information content (AvgIpc) is 2.82. The fourth-order valence-corrected chi connectivity index (χ4v) is 2.68. The summed E-state index contributed by atoms with van der Waals surface area (Å²) in [4.78, 5) is 2.49. The van der Waals surface area contributed by atoms with Gasteiger partial charge in [-0.15, -0.1) is 0 Å². The highest BCUT2D eigenvalue weighted by Gasteiger charge is 2.21. The van der Waals surface area contributed by atoms with Gasteiger partial charge < -0.3 is 5.32 Å². The highest BCUT2D eigenvalue weighted by atomic mass is 15.2. The molecule has 0 amide bonds. The summed E-state index contributed by atoms with van der Waals surface area (Å²) in [7, 11) is 0. The highest BCUT2D eigenvalue weighted by molar-refractivity contribution is 5.32. The van der Waals surface area contributed by atoms with Crippen molar-refractivity contribution in [3.05, 3.63) is 47.5 Å². The second kappa shape index (κ2) is 4.40. The predicted octanol–water partition coefficient (Wildman–Crippen LogP) is 1.75. The first-order valence-corrected chi connectivity index (χ1v) is 6.12. The molecule has 2 nitrogen and oxygen atoms in total. The van der Waals surface area contributed by atoms with Gasteiger partial charge in [-0.05, 0) is 24.1 Å². The minimum Gasteiger partial charge on any atom is -0.309 e. The zero-order valence-corrected chi connectivity index (χ0v) is 9.52. The monoisotopic (exact) mass is 214 g/mol. The van der Waals surface area contributed by atoms with Gasteiger partial charge in [-0.25, -0.2) is 0 Å². The molecule has 0 saturated heterocycles. The van der Waals surface area contributed by atoms with Crippen LogP contribution < -0.4 is 5.32 Å². The van der Waals surface area contributed by atoms with Crippen LogP contribution in [0.15, 0.2) is 36.4 Å². The van der Waals surface area contributed by atoms with Crippen LogP contribution in [-0.2, 0) is 6.42 Å². The van der Waals surface area contributed by atoms with Gasteiger partial charge >= 0.3 is 0 Å². The number of nitrogens with zero attached hydrogens (tertiary/aromatic N) is 1. The van der Waals surface area contributed by atoms with E-state index in [1.165, 1.54) is 17.5 Å². The van der Waals surface area contributed by atoms with E-state index in [1.54, 1.807) is 0 Å². The number of fused-ring (bicyclic) bond motifs is 1. The zero-order chi connectivity index (χ0) is 10.8. The largest absolute Gasteiger partial charge is 0.309 e. The third-order valence-corrected chi connectivity index (χ3v) is 3.55. The molecule has 0 saturated carbocycles. The number of hydrogen-bond donors (Lipinski definition) is 1. The molecule has 1 atom stereocenters. The maximum absolute atomic E-state index is 3.63. The van der Waals surface area contributed by atoms with Crippen LogP contribution in [0.1, 0.15) is 17.2 Å². The normalized spacial score (nSPS) is 24.6. The second-order valence-corrected chi connectivity index (χ2v) is 4.65. The molecule has 84 valence electrons. The lowest BCUT2D eigenvalue weighted by molar-refractivity contribution is 0.297. The average molecular weight is 214 g/mol. The molecule has 1 N–H and O–H groups in total. The molecule has 2 aliphatic rings. The van der Waals surface area contributed by atoms with Gasteiger partial charge in [-0.1, -0.05) is 36.4 Å². The molecule has 0 spiro atoms. The fraction of sp³-hybridized carbons (Fsp3) is 0.429.